The van der Waals surface area contributed by atoms with E-state index < -0.39 is 0 Å². The Morgan fingerprint density at radius 2 is 1.79 bits per heavy atom. The van der Waals surface area contributed by atoms with Gasteiger partial charge in [-0.3, -0.25) is 9.59 Å². The average molecular weight is 383 g/mol. The minimum absolute atomic E-state index is 0.00902. The second-order valence-corrected chi connectivity index (χ2v) is 7.55. The third-order valence-electron chi connectivity index (χ3n) is 5.45. The number of hydrogen-bond donors (Lipinski definition) is 3. The van der Waals surface area contributed by atoms with Gasteiger partial charge in [-0.2, -0.15) is 0 Å². The summed E-state index contributed by atoms with van der Waals surface area (Å²) in [7, 11) is 1.69. The molecule has 0 radical (unpaired) electrons. The summed E-state index contributed by atoms with van der Waals surface area (Å²) in [6.07, 6.45) is 2.19. The van der Waals surface area contributed by atoms with Gasteiger partial charge in [0, 0.05) is 19.1 Å². The van der Waals surface area contributed by atoms with Crippen molar-refractivity contribution in [3.05, 3.63) is 48.0 Å². The van der Waals surface area contributed by atoms with Gasteiger partial charge in [-0.05, 0) is 42.3 Å². The molecule has 1 aliphatic rings. The molecule has 2 aromatic carbocycles. The summed E-state index contributed by atoms with van der Waals surface area (Å²) in [5, 5.41) is 11.2. The number of carbonyl (C=O) groups excluding carboxylic acids is 2. The van der Waals surface area contributed by atoms with Crippen LogP contribution < -0.4 is 16.0 Å². The highest BCUT2D eigenvalue weighted by atomic mass is 16.5. The lowest BCUT2D eigenvalue weighted by Crippen LogP contribution is -2.48. The van der Waals surface area contributed by atoms with Crippen LogP contribution in [0.2, 0.25) is 0 Å². The molecule has 2 amide bonds. The largest absolute Gasteiger partial charge is 0.384 e. The zero-order valence-electron chi connectivity index (χ0n) is 16.4. The first-order chi connectivity index (χ1) is 13.6. The van der Waals surface area contributed by atoms with Gasteiger partial charge >= 0.3 is 0 Å². The topological polar surface area (TPSA) is 79.5 Å². The van der Waals surface area contributed by atoms with Crippen LogP contribution >= 0.6 is 0 Å². The SMILES string of the molecule is COCC1(CNC(=O)CNC(=O)Cc2cccc3ccccc23)CCNCC1. The van der Waals surface area contributed by atoms with E-state index in [1.54, 1.807) is 7.11 Å². The third-order valence-corrected chi connectivity index (χ3v) is 5.45. The lowest BCUT2D eigenvalue weighted by atomic mass is 9.79. The molecule has 0 saturated carbocycles. The number of ether oxygens (including phenoxy) is 1. The van der Waals surface area contributed by atoms with Gasteiger partial charge in [0.05, 0.1) is 19.6 Å². The van der Waals surface area contributed by atoms with E-state index in [1.807, 2.05) is 42.5 Å². The molecule has 6 nitrogen and oxygen atoms in total. The average Bonchev–Trinajstić information content (AvgIpc) is 2.72. The van der Waals surface area contributed by atoms with Crippen molar-refractivity contribution < 1.29 is 14.3 Å². The van der Waals surface area contributed by atoms with E-state index in [2.05, 4.69) is 16.0 Å². The Morgan fingerprint density at radius 3 is 2.57 bits per heavy atom. The number of hydrogen-bond acceptors (Lipinski definition) is 4. The van der Waals surface area contributed by atoms with Gasteiger partial charge in [0.15, 0.2) is 0 Å². The summed E-state index contributed by atoms with van der Waals surface area (Å²) in [5.41, 5.74) is 0.938. The summed E-state index contributed by atoms with van der Waals surface area (Å²) in [6.45, 7) is 3.05. The minimum Gasteiger partial charge on any atom is -0.384 e. The molecule has 2 aromatic rings. The van der Waals surface area contributed by atoms with Crippen molar-refractivity contribution >= 4 is 22.6 Å². The molecule has 0 unspecified atom stereocenters. The fourth-order valence-corrected chi connectivity index (χ4v) is 3.85. The van der Waals surface area contributed by atoms with Gasteiger partial charge in [-0.25, -0.2) is 0 Å². The molecule has 6 heteroatoms. The van der Waals surface area contributed by atoms with Gasteiger partial charge in [-0.1, -0.05) is 42.5 Å². The number of nitrogens with one attached hydrogen (secondary N) is 3. The Balaban J connectivity index is 1.48. The van der Waals surface area contributed by atoms with Crippen LogP contribution in [0.25, 0.3) is 10.8 Å². The molecule has 1 aliphatic heterocycles. The van der Waals surface area contributed by atoms with Crippen molar-refractivity contribution in [2.75, 3.05) is 39.9 Å². The van der Waals surface area contributed by atoms with Gasteiger partial charge in [0.25, 0.3) is 0 Å². The molecule has 0 atom stereocenters. The first-order valence-corrected chi connectivity index (χ1v) is 9.82. The first kappa shape index (κ1) is 20.3. The molecule has 1 saturated heterocycles. The molecule has 3 rings (SSSR count). The second-order valence-electron chi connectivity index (χ2n) is 7.55. The molecule has 3 N–H and O–H groups in total. The van der Waals surface area contributed by atoms with Crippen LogP contribution in [0, 0.1) is 5.41 Å². The predicted octanol–water partition coefficient (Wildman–Crippen LogP) is 1.63. The van der Waals surface area contributed by atoms with Crippen LogP contribution in [-0.2, 0) is 20.7 Å². The number of carbonyl (C=O) groups is 2. The van der Waals surface area contributed by atoms with Crippen molar-refractivity contribution in [1.82, 2.24) is 16.0 Å². The Morgan fingerprint density at radius 1 is 1.04 bits per heavy atom. The summed E-state index contributed by atoms with van der Waals surface area (Å²) in [4.78, 5) is 24.5. The monoisotopic (exact) mass is 383 g/mol. The minimum atomic E-state index is -0.166. The molecule has 0 bridgehead atoms. The Hall–Kier alpha value is -2.44. The van der Waals surface area contributed by atoms with Crippen LogP contribution in [0.3, 0.4) is 0 Å². The second kappa shape index (κ2) is 9.66. The summed E-state index contributed by atoms with van der Waals surface area (Å²) >= 11 is 0. The molecule has 0 spiro atoms. The zero-order valence-corrected chi connectivity index (χ0v) is 16.4. The molecule has 0 aromatic heterocycles. The van der Waals surface area contributed by atoms with E-state index in [1.165, 1.54) is 0 Å². The van der Waals surface area contributed by atoms with E-state index in [9.17, 15) is 9.59 Å². The van der Waals surface area contributed by atoms with Crippen LogP contribution in [0.1, 0.15) is 18.4 Å². The highest BCUT2D eigenvalue weighted by Gasteiger charge is 2.32. The number of amides is 2. The molecule has 1 heterocycles. The normalized spacial score (nSPS) is 15.9. The maximum atomic E-state index is 12.3. The number of piperidine rings is 1. The number of methoxy groups -OCH3 is 1. The van der Waals surface area contributed by atoms with E-state index in [-0.39, 0.29) is 30.2 Å². The van der Waals surface area contributed by atoms with Crippen molar-refractivity contribution in [1.29, 1.82) is 0 Å². The molecule has 0 aliphatic carbocycles. The van der Waals surface area contributed by atoms with Crippen molar-refractivity contribution in [2.24, 2.45) is 5.41 Å². The van der Waals surface area contributed by atoms with E-state index in [4.69, 9.17) is 4.74 Å². The van der Waals surface area contributed by atoms with Gasteiger partial charge in [-0.15, -0.1) is 0 Å². The van der Waals surface area contributed by atoms with Crippen molar-refractivity contribution in [2.45, 2.75) is 19.3 Å². The lowest BCUT2D eigenvalue weighted by Gasteiger charge is -2.37. The van der Waals surface area contributed by atoms with Crippen LogP contribution in [0.5, 0.6) is 0 Å². The smallest absolute Gasteiger partial charge is 0.239 e. The van der Waals surface area contributed by atoms with Gasteiger partial charge in [0.1, 0.15) is 0 Å². The molecule has 28 heavy (non-hydrogen) atoms. The number of rotatable bonds is 8. The van der Waals surface area contributed by atoms with Crippen LogP contribution in [-0.4, -0.2) is 51.7 Å². The maximum Gasteiger partial charge on any atom is 0.239 e. The highest BCUT2D eigenvalue weighted by molar-refractivity contribution is 5.91. The summed E-state index contributed by atoms with van der Waals surface area (Å²) in [5.74, 6) is -0.319. The van der Waals surface area contributed by atoms with Crippen molar-refractivity contribution in [3.8, 4) is 0 Å². The fourth-order valence-electron chi connectivity index (χ4n) is 3.85. The zero-order chi connectivity index (χ0) is 19.8. The van der Waals surface area contributed by atoms with E-state index >= 15 is 0 Å². The van der Waals surface area contributed by atoms with Gasteiger partial charge < -0.3 is 20.7 Å². The van der Waals surface area contributed by atoms with E-state index in [0.29, 0.717) is 13.2 Å². The number of fused-ring (bicyclic) bond motifs is 1. The third kappa shape index (κ3) is 5.30. The standard InChI is InChI=1S/C22H29N3O3/c1-28-16-22(9-11-23-12-10-22)15-25-21(27)14-24-20(26)13-18-7-4-6-17-5-2-3-8-19(17)18/h2-8,23H,9-16H2,1H3,(H,24,26)(H,25,27). The van der Waals surface area contributed by atoms with Gasteiger partial charge in [0.2, 0.25) is 11.8 Å². The van der Waals surface area contributed by atoms with E-state index in [0.717, 1.165) is 42.3 Å². The first-order valence-electron chi connectivity index (χ1n) is 9.82. The fraction of sp³-hybridized carbons (Fsp3) is 0.455. The highest BCUT2D eigenvalue weighted by Crippen LogP contribution is 2.28. The Labute approximate surface area is 166 Å². The number of benzene rings is 2. The molecule has 150 valence electrons. The quantitative estimate of drug-likeness (QED) is 0.647. The Kier molecular flexibility index (Phi) is 7.01. The van der Waals surface area contributed by atoms with Crippen LogP contribution in [0.15, 0.2) is 42.5 Å². The summed E-state index contributed by atoms with van der Waals surface area (Å²) < 4.78 is 5.37. The lowest BCUT2D eigenvalue weighted by molar-refractivity contribution is -0.126. The molecule has 1 fully saturated rings. The van der Waals surface area contributed by atoms with Crippen molar-refractivity contribution in [3.63, 3.8) is 0 Å². The molecular formula is C22H29N3O3. The van der Waals surface area contributed by atoms with Crippen LogP contribution in [0.4, 0.5) is 0 Å². The Bertz CT molecular complexity index is 805. The predicted molar refractivity (Wildman–Crippen MR) is 110 cm³/mol. The summed E-state index contributed by atoms with van der Waals surface area (Å²) in [6, 6.07) is 13.9. The molecular weight excluding hydrogens is 354 g/mol. The maximum absolute atomic E-state index is 12.3.